The molecular weight excluding hydrogens is 309 g/mol. The molecule has 110 valence electrons. The Bertz CT molecular complexity index is 658. The zero-order chi connectivity index (χ0) is 15.4. The molecule has 2 aromatic rings. The van der Waals surface area contributed by atoms with Crippen LogP contribution in [-0.4, -0.2) is 12.0 Å². The minimum absolute atomic E-state index is 0.291. The van der Waals surface area contributed by atoms with Gasteiger partial charge in [0.1, 0.15) is 5.75 Å². The Hall–Kier alpha value is -1.71. The molecule has 0 aliphatic rings. The molecule has 0 fully saturated rings. The van der Waals surface area contributed by atoms with E-state index in [1.165, 1.54) is 0 Å². The second kappa shape index (κ2) is 6.83. The first-order valence-electron chi connectivity index (χ1n) is 6.45. The number of nitrogens with one attached hydrogen (secondary N) is 1. The van der Waals surface area contributed by atoms with E-state index in [9.17, 15) is 4.79 Å². The van der Waals surface area contributed by atoms with E-state index in [1.807, 2.05) is 31.2 Å². The van der Waals surface area contributed by atoms with Crippen molar-refractivity contribution in [2.24, 2.45) is 0 Å². The highest BCUT2D eigenvalue weighted by Crippen LogP contribution is 2.25. The highest BCUT2D eigenvalue weighted by Gasteiger charge is 2.16. The lowest BCUT2D eigenvalue weighted by atomic mass is 10.2. The van der Waals surface area contributed by atoms with E-state index in [0.29, 0.717) is 21.5 Å². The Balaban J connectivity index is 2.04. The second-order valence-corrected chi connectivity index (χ2v) is 5.53. The standard InChI is InChI=1S/C16H15Cl2NO2/c1-10-4-3-5-13(8-10)21-11(2)16(20)19-15-9-12(17)6-7-14(15)18/h3-9,11H,1-2H3,(H,19,20). The molecule has 0 bridgehead atoms. The Morgan fingerprint density at radius 1 is 1.19 bits per heavy atom. The summed E-state index contributed by atoms with van der Waals surface area (Å²) in [5.74, 6) is 0.357. The van der Waals surface area contributed by atoms with Crippen molar-refractivity contribution in [3.63, 3.8) is 0 Å². The van der Waals surface area contributed by atoms with Crippen LogP contribution in [0, 0.1) is 6.92 Å². The van der Waals surface area contributed by atoms with Gasteiger partial charge in [0.2, 0.25) is 0 Å². The van der Waals surface area contributed by atoms with Gasteiger partial charge >= 0.3 is 0 Å². The van der Waals surface area contributed by atoms with E-state index in [2.05, 4.69) is 5.32 Å². The van der Waals surface area contributed by atoms with E-state index in [1.54, 1.807) is 25.1 Å². The fraction of sp³-hybridized carbons (Fsp3) is 0.188. The van der Waals surface area contributed by atoms with Crippen LogP contribution in [0.4, 0.5) is 5.69 Å². The first-order valence-corrected chi connectivity index (χ1v) is 7.20. The lowest BCUT2D eigenvalue weighted by molar-refractivity contribution is -0.122. The van der Waals surface area contributed by atoms with Crippen LogP contribution in [0.3, 0.4) is 0 Å². The molecule has 5 heteroatoms. The maximum Gasteiger partial charge on any atom is 0.265 e. The van der Waals surface area contributed by atoms with Gasteiger partial charge in [-0.25, -0.2) is 0 Å². The molecule has 0 saturated heterocycles. The number of ether oxygens (including phenoxy) is 1. The van der Waals surface area contributed by atoms with Crippen molar-refractivity contribution in [1.82, 2.24) is 0 Å². The Morgan fingerprint density at radius 2 is 1.95 bits per heavy atom. The van der Waals surface area contributed by atoms with Crippen LogP contribution in [0.15, 0.2) is 42.5 Å². The SMILES string of the molecule is Cc1cccc(OC(C)C(=O)Nc2cc(Cl)ccc2Cl)c1. The summed E-state index contributed by atoms with van der Waals surface area (Å²) in [6, 6.07) is 12.4. The summed E-state index contributed by atoms with van der Waals surface area (Å²) in [6.07, 6.45) is -0.651. The summed E-state index contributed by atoms with van der Waals surface area (Å²) in [7, 11) is 0. The molecule has 0 aliphatic heterocycles. The minimum atomic E-state index is -0.651. The van der Waals surface area contributed by atoms with Gasteiger partial charge in [-0.05, 0) is 49.7 Å². The van der Waals surface area contributed by atoms with Gasteiger partial charge in [0.05, 0.1) is 10.7 Å². The summed E-state index contributed by atoms with van der Waals surface area (Å²) in [5.41, 5.74) is 1.53. The predicted molar refractivity (Wildman–Crippen MR) is 86.4 cm³/mol. The third-order valence-corrected chi connectivity index (χ3v) is 3.42. The van der Waals surface area contributed by atoms with Gasteiger partial charge in [-0.3, -0.25) is 4.79 Å². The number of benzene rings is 2. The van der Waals surface area contributed by atoms with Crippen LogP contribution in [0.5, 0.6) is 5.75 Å². The average Bonchev–Trinajstić information content (AvgIpc) is 2.43. The normalized spacial score (nSPS) is 11.8. The fourth-order valence-corrected chi connectivity index (χ4v) is 2.11. The van der Waals surface area contributed by atoms with E-state index >= 15 is 0 Å². The van der Waals surface area contributed by atoms with E-state index in [4.69, 9.17) is 27.9 Å². The quantitative estimate of drug-likeness (QED) is 0.885. The van der Waals surface area contributed by atoms with Crippen LogP contribution in [0.1, 0.15) is 12.5 Å². The zero-order valence-corrected chi connectivity index (χ0v) is 13.2. The summed E-state index contributed by atoms with van der Waals surface area (Å²) in [6.45, 7) is 3.64. The number of aryl methyl sites for hydroxylation is 1. The van der Waals surface area contributed by atoms with Gasteiger partial charge in [-0.1, -0.05) is 35.3 Å². The van der Waals surface area contributed by atoms with Crippen molar-refractivity contribution in [3.8, 4) is 5.75 Å². The molecule has 0 aromatic heterocycles. The molecule has 3 nitrogen and oxygen atoms in total. The minimum Gasteiger partial charge on any atom is -0.481 e. The third-order valence-electron chi connectivity index (χ3n) is 2.86. The van der Waals surface area contributed by atoms with Crippen molar-refractivity contribution in [2.45, 2.75) is 20.0 Å². The molecule has 0 heterocycles. The molecule has 0 saturated carbocycles. The molecule has 0 radical (unpaired) electrons. The van der Waals surface area contributed by atoms with Crippen molar-refractivity contribution >= 4 is 34.8 Å². The lowest BCUT2D eigenvalue weighted by Crippen LogP contribution is -2.30. The third kappa shape index (κ3) is 4.38. The Labute approximate surface area is 133 Å². The molecule has 2 aromatic carbocycles. The molecule has 0 spiro atoms. The van der Waals surface area contributed by atoms with Gasteiger partial charge in [-0.15, -0.1) is 0 Å². The van der Waals surface area contributed by atoms with E-state index < -0.39 is 6.10 Å². The van der Waals surface area contributed by atoms with Gasteiger partial charge < -0.3 is 10.1 Å². The van der Waals surface area contributed by atoms with Crippen LogP contribution in [-0.2, 0) is 4.79 Å². The molecule has 21 heavy (non-hydrogen) atoms. The van der Waals surface area contributed by atoms with Crippen molar-refractivity contribution in [1.29, 1.82) is 0 Å². The monoisotopic (exact) mass is 323 g/mol. The maximum atomic E-state index is 12.1. The van der Waals surface area contributed by atoms with Crippen molar-refractivity contribution in [3.05, 3.63) is 58.1 Å². The molecule has 1 N–H and O–H groups in total. The van der Waals surface area contributed by atoms with Crippen LogP contribution < -0.4 is 10.1 Å². The Kier molecular flexibility index (Phi) is 5.10. The lowest BCUT2D eigenvalue weighted by Gasteiger charge is -2.15. The van der Waals surface area contributed by atoms with Crippen LogP contribution in [0.2, 0.25) is 10.0 Å². The summed E-state index contributed by atoms with van der Waals surface area (Å²) < 4.78 is 5.61. The van der Waals surface area contributed by atoms with Gasteiger partial charge in [-0.2, -0.15) is 0 Å². The number of rotatable bonds is 4. The molecule has 1 atom stereocenters. The topological polar surface area (TPSA) is 38.3 Å². The summed E-state index contributed by atoms with van der Waals surface area (Å²) in [5, 5.41) is 3.63. The molecular formula is C16H15Cl2NO2. The number of amides is 1. The first-order chi connectivity index (χ1) is 9.95. The number of hydrogen-bond donors (Lipinski definition) is 1. The second-order valence-electron chi connectivity index (χ2n) is 4.69. The number of carbonyl (C=O) groups is 1. The van der Waals surface area contributed by atoms with Gasteiger partial charge in [0.25, 0.3) is 5.91 Å². The largest absolute Gasteiger partial charge is 0.481 e. The smallest absolute Gasteiger partial charge is 0.265 e. The fourth-order valence-electron chi connectivity index (χ4n) is 1.77. The number of halogens is 2. The zero-order valence-electron chi connectivity index (χ0n) is 11.7. The van der Waals surface area contributed by atoms with Crippen LogP contribution >= 0.6 is 23.2 Å². The molecule has 1 amide bonds. The number of anilines is 1. The van der Waals surface area contributed by atoms with E-state index in [0.717, 1.165) is 5.56 Å². The first kappa shape index (κ1) is 15.7. The van der Waals surface area contributed by atoms with Gasteiger partial charge in [0, 0.05) is 5.02 Å². The molecule has 1 unspecified atom stereocenters. The Morgan fingerprint density at radius 3 is 2.67 bits per heavy atom. The number of hydrogen-bond acceptors (Lipinski definition) is 2. The van der Waals surface area contributed by atoms with E-state index in [-0.39, 0.29) is 5.91 Å². The summed E-state index contributed by atoms with van der Waals surface area (Å²) in [4.78, 5) is 12.1. The average molecular weight is 324 g/mol. The van der Waals surface area contributed by atoms with Gasteiger partial charge in [0.15, 0.2) is 6.10 Å². The molecule has 0 aliphatic carbocycles. The maximum absolute atomic E-state index is 12.1. The molecule has 2 rings (SSSR count). The summed E-state index contributed by atoms with van der Waals surface area (Å²) >= 11 is 11.9. The number of carbonyl (C=O) groups excluding carboxylic acids is 1. The highest BCUT2D eigenvalue weighted by atomic mass is 35.5. The highest BCUT2D eigenvalue weighted by molar-refractivity contribution is 6.35. The van der Waals surface area contributed by atoms with Crippen molar-refractivity contribution < 1.29 is 9.53 Å². The van der Waals surface area contributed by atoms with Crippen molar-refractivity contribution in [2.75, 3.05) is 5.32 Å². The van der Waals surface area contributed by atoms with Crippen LogP contribution in [0.25, 0.3) is 0 Å². The predicted octanol–water partition coefficient (Wildman–Crippen LogP) is 4.71.